The van der Waals surface area contributed by atoms with Crippen LogP contribution in [0.2, 0.25) is 0 Å². The fourth-order valence-electron chi connectivity index (χ4n) is 3.27. The van der Waals surface area contributed by atoms with Crippen LogP contribution in [0.25, 0.3) is 22.4 Å². The maximum Gasteiger partial charge on any atom is 0.267 e. The van der Waals surface area contributed by atoms with Crippen molar-refractivity contribution in [3.8, 4) is 5.69 Å². The topological polar surface area (TPSA) is 52.2 Å². The maximum absolute atomic E-state index is 13.4. The number of hydrogen-bond donors (Lipinski definition) is 0. The number of thioether (sulfide) groups is 1. The van der Waals surface area contributed by atoms with Crippen LogP contribution in [0.5, 0.6) is 0 Å². The Balaban J connectivity index is 2.08. The molecule has 0 spiro atoms. The van der Waals surface area contributed by atoms with Gasteiger partial charge in [-0.2, -0.15) is 0 Å². The van der Waals surface area contributed by atoms with Gasteiger partial charge in [-0.15, -0.1) is 10.2 Å². The fourth-order valence-corrected chi connectivity index (χ4v) is 4.30. The van der Waals surface area contributed by atoms with Crippen LogP contribution in [-0.4, -0.2) is 24.9 Å². The van der Waals surface area contributed by atoms with Crippen molar-refractivity contribution in [1.82, 2.24) is 19.2 Å². The van der Waals surface area contributed by atoms with Gasteiger partial charge in [0.25, 0.3) is 5.56 Å². The van der Waals surface area contributed by atoms with Crippen LogP contribution in [-0.2, 0) is 0 Å². The summed E-state index contributed by atoms with van der Waals surface area (Å²) in [6.07, 6.45) is 2.26. The predicted octanol–water partition coefficient (Wildman–Crippen LogP) is 4.54. The van der Waals surface area contributed by atoms with Crippen LogP contribution in [0.4, 0.5) is 0 Å². The third-order valence-corrected chi connectivity index (χ3v) is 5.96. The van der Waals surface area contributed by atoms with Crippen molar-refractivity contribution in [2.75, 3.05) is 5.75 Å². The molecule has 0 saturated heterocycles. The highest BCUT2D eigenvalue weighted by Gasteiger charge is 2.18. The lowest BCUT2D eigenvalue weighted by Gasteiger charge is -2.14. The minimum atomic E-state index is -0.0655. The molecule has 0 saturated carbocycles. The number of nitrogens with zero attached hydrogens (tertiary/aromatic N) is 4. The Hall–Kier alpha value is -2.60. The molecule has 6 heteroatoms. The Morgan fingerprint density at radius 1 is 1.04 bits per heavy atom. The van der Waals surface area contributed by atoms with Gasteiger partial charge in [0, 0.05) is 5.75 Å². The number of benzene rings is 2. The molecule has 27 heavy (non-hydrogen) atoms. The first-order valence-electron chi connectivity index (χ1n) is 9.21. The summed E-state index contributed by atoms with van der Waals surface area (Å²) in [5.41, 5.74) is 3.85. The Labute approximate surface area is 162 Å². The minimum absolute atomic E-state index is 0.0655. The molecule has 0 fully saturated rings. The summed E-state index contributed by atoms with van der Waals surface area (Å²) < 4.78 is 3.71. The quantitative estimate of drug-likeness (QED) is 0.378. The van der Waals surface area contributed by atoms with E-state index in [1.165, 1.54) is 0 Å². The second-order valence-corrected chi connectivity index (χ2v) is 7.76. The van der Waals surface area contributed by atoms with Crippen LogP contribution < -0.4 is 5.56 Å². The van der Waals surface area contributed by atoms with E-state index in [1.807, 2.05) is 47.7 Å². The first-order chi connectivity index (χ1) is 13.1. The van der Waals surface area contributed by atoms with E-state index in [1.54, 1.807) is 16.3 Å². The van der Waals surface area contributed by atoms with Gasteiger partial charge in [-0.05, 0) is 49.6 Å². The molecule has 0 aliphatic heterocycles. The van der Waals surface area contributed by atoms with E-state index in [9.17, 15) is 4.79 Å². The maximum atomic E-state index is 13.4. The van der Waals surface area contributed by atoms with Crippen molar-refractivity contribution in [3.63, 3.8) is 0 Å². The molecule has 4 rings (SSSR count). The summed E-state index contributed by atoms with van der Waals surface area (Å²) >= 11 is 1.69. The van der Waals surface area contributed by atoms with Crippen molar-refractivity contribution < 1.29 is 0 Å². The van der Waals surface area contributed by atoms with Gasteiger partial charge in [-0.3, -0.25) is 9.20 Å². The van der Waals surface area contributed by atoms with Crippen LogP contribution in [0.1, 0.15) is 30.9 Å². The van der Waals surface area contributed by atoms with Gasteiger partial charge in [0.05, 0.1) is 16.6 Å². The average molecular weight is 379 g/mol. The van der Waals surface area contributed by atoms with E-state index in [0.29, 0.717) is 11.2 Å². The molecular formula is C21H22N4OS. The molecule has 0 radical (unpaired) electrons. The van der Waals surface area contributed by atoms with E-state index in [-0.39, 0.29) is 5.56 Å². The molecule has 2 aromatic carbocycles. The fraction of sp³-hybridized carbons (Fsp3) is 0.286. The molecule has 2 aromatic heterocycles. The summed E-state index contributed by atoms with van der Waals surface area (Å²) in [5.74, 6) is 1.54. The van der Waals surface area contributed by atoms with Crippen molar-refractivity contribution in [2.45, 2.75) is 38.8 Å². The third-order valence-electron chi connectivity index (χ3n) is 4.94. The SMILES string of the molecule is CCCCSc1nnc2n(-c3cccc(C)c3C)c(=O)c3ccccc3n12. The van der Waals surface area contributed by atoms with Crippen molar-refractivity contribution in [1.29, 1.82) is 0 Å². The molecule has 4 aromatic rings. The number of para-hydroxylation sites is 1. The lowest BCUT2D eigenvalue weighted by molar-refractivity contribution is 0.883. The van der Waals surface area contributed by atoms with Crippen LogP contribution in [0.15, 0.2) is 52.4 Å². The molecule has 0 N–H and O–H groups in total. The lowest BCUT2D eigenvalue weighted by Crippen LogP contribution is -2.22. The Bertz CT molecular complexity index is 1190. The summed E-state index contributed by atoms with van der Waals surface area (Å²) in [7, 11) is 0. The molecule has 0 amide bonds. The molecule has 0 atom stereocenters. The van der Waals surface area contributed by atoms with E-state index < -0.39 is 0 Å². The third kappa shape index (κ3) is 2.94. The smallest absolute Gasteiger partial charge is 0.267 e. The van der Waals surface area contributed by atoms with Gasteiger partial charge in [0.2, 0.25) is 5.78 Å². The Morgan fingerprint density at radius 3 is 2.67 bits per heavy atom. The van der Waals surface area contributed by atoms with Gasteiger partial charge < -0.3 is 0 Å². The zero-order valence-corrected chi connectivity index (χ0v) is 16.6. The lowest BCUT2D eigenvalue weighted by atomic mass is 10.1. The Kier molecular flexibility index (Phi) is 4.74. The highest BCUT2D eigenvalue weighted by Crippen LogP contribution is 2.25. The molecule has 5 nitrogen and oxygen atoms in total. The van der Waals surface area contributed by atoms with Crippen LogP contribution >= 0.6 is 11.8 Å². The summed E-state index contributed by atoms with van der Waals surface area (Å²) in [5, 5.41) is 10.3. The van der Waals surface area contributed by atoms with Gasteiger partial charge in [0.1, 0.15) is 0 Å². The molecule has 0 bridgehead atoms. The zero-order valence-electron chi connectivity index (χ0n) is 15.8. The van der Waals surface area contributed by atoms with Crippen LogP contribution in [0, 0.1) is 13.8 Å². The van der Waals surface area contributed by atoms with Crippen molar-refractivity contribution in [3.05, 3.63) is 63.9 Å². The van der Waals surface area contributed by atoms with Gasteiger partial charge in [0.15, 0.2) is 5.16 Å². The largest absolute Gasteiger partial charge is 0.268 e. The molecule has 0 aliphatic carbocycles. The highest BCUT2D eigenvalue weighted by atomic mass is 32.2. The van der Waals surface area contributed by atoms with Crippen molar-refractivity contribution in [2.24, 2.45) is 0 Å². The molecule has 0 unspecified atom stereocenters. The second kappa shape index (κ2) is 7.19. The average Bonchev–Trinajstić information content (AvgIpc) is 3.09. The van der Waals surface area contributed by atoms with E-state index in [4.69, 9.17) is 0 Å². The number of unbranched alkanes of at least 4 members (excludes halogenated alkanes) is 1. The standard InChI is InChI=1S/C21H22N4OS/c1-4-5-13-27-21-23-22-20-24(17-12-8-9-14(2)15(17)3)19(26)16-10-6-7-11-18(16)25(20)21/h6-12H,4-5,13H2,1-3H3. The van der Waals surface area contributed by atoms with Crippen LogP contribution in [0.3, 0.4) is 0 Å². The second-order valence-electron chi connectivity index (χ2n) is 6.70. The molecule has 0 aliphatic rings. The zero-order chi connectivity index (χ0) is 19.0. The number of aromatic nitrogens is 4. The number of hydrogen-bond acceptors (Lipinski definition) is 4. The van der Waals surface area contributed by atoms with Crippen molar-refractivity contribution >= 4 is 28.4 Å². The number of fused-ring (bicyclic) bond motifs is 3. The number of rotatable bonds is 5. The van der Waals surface area contributed by atoms with Gasteiger partial charge in [-0.25, -0.2) is 4.57 Å². The monoisotopic (exact) mass is 378 g/mol. The first-order valence-corrected chi connectivity index (χ1v) is 10.2. The predicted molar refractivity (Wildman–Crippen MR) is 111 cm³/mol. The highest BCUT2D eigenvalue weighted by molar-refractivity contribution is 7.99. The number of aryl methyl sites for hydroxylation is 1. The van der Waals surface area contributed by atoms with Gasteiger partial charge in [-0.1, -0.05) is 49.4 Å². The van der Waals surface area contributed by atoms with E-state index in [0.717, 1.165) is 46.1 Å². The molecular weight excluding hydrogens is 356 g/mol. The van der Waals surface area contributed by atoms with E-state index >= 15 is 0 Å². The Morgan fingerprint density at radius 2 is 1.85 bits per heavy atom. The summed E-state index contributed by atoms with van der Waals surface area (Å²) in [6, 6.07) is 13.7. The molecule has 138 valence electrons. The first kappa shape index (κ1) is 17.8. The normalized spacial score (nSPS) is 11.5. The summed E-state index contributed by atoms with van der Waals surface area (Å²) in [6.45, 7) is 6.27. The van der Waals surface area contributed by atoms with Gasteiger partial charge >= 0.3 is 0 Å². The minimum Gasteiger partial charge on any atom is -0.268 e. The molecule has 2 heterocycles. The summed E-state index contributed by atoms with van der Waals surface area (Å²) in [4.78, 5) is 13.4. The van der Waals surface area contributed by atoms with E-state index in [2.05, 4.69) is 30.1 Å².